The Morgan fingerprint density at radius 1 is 0.976 bits per heavy atom. The molecule has 0 spiro atoms. The molecule has 1 heterocycles. The lowest BCUT2D eigenvalue weighted by Gasteiger charge is -2.27. The summed E-state index contributed by atoms with van der Waals surface area (Å²) in [5, 5.41) is 2.28. The van der Waals surface area contributed by atoms with Crippen molar-refractivity contribution in [3.05, 3.63) is 101 Å². The Kier molecular flexibility index (Phi) is 8.69. The summed E-state index contributed by atoms with van der Waals surface area (Å²) in [7, 11) is 1.41. The van der Waals surface area contributed by atoms with Gasteiger partial charge in [0.15, 0.2) is 17.5 Å². The second-order valence-electron chi connectivity index (χ2n) is 9.57. The van der Waals surface area contributed by atoms with Crippen molar-refractivity contribution in [1.29, 1.82) is 0 Å². The molecule has 4 rings (SSSR count). The monoisotopic (exact) mass is 590 g/mol. The number of amides is 3. The molecule has 1 aliphatic rings. The number of nitrogens with zero attached hydrogens (tertiary/aromatic N) is 2. The van der Waals surface area contributed by atoms with Gasteiger partial charge < -0.3 is 16.0 Å². The zero-order chi connectivity index (χ0) is 30.8. The minimum absolute atomic E-state index is 0.277. The number of aliphatic imine (C=N–C) groups is 1. The highest BCUT2D eigenvalue weighted by molar-refractivity contribution is 6.20. The summed E-state index contributed by atoms with van der Waals surface area (Å²) >= 11 is 0. The van der Waals surface area contributed by atoms with Gasteiger partial charge in [0, 0.05) is 30.2 Å². The first-order valence-corrected chi connectivity index (χ1v) is 12.6. The molecule has 220 valence electrons. The zero-order valence-corrected chi connectivity index (χ0v) is 22.0. The lowest BCUT2D eigenvalue weighted by molar-refractivity contribution is -0.144. The maximum Gasteiger partial charge on any atom is 0.389 e. The third-order valence-electron chi connectivity index (χ3n) is 6.85. The first kappa shape index (κ1) is 30.3. The number of nitrogens with two attached hydrogens (primary N) is 1. The van der Waals surface area contributed by atoms with E-state index >= 15 is 0 Å². The fraction of sp³-hybridized carbons (Fsp3) is 0.241. The molecule has 3 N–H and O–H groups in total. The summed E-state index contributed by atoms with van der Waals surface area (Å²) in [6, 6.07) is 16.4. The van der Waals surface area contributed by atoms with Crippen LogP contribution in [0.25, 0.3) is 0 Å². The van der Waals surface area contributed by atoms with Crippen LogP contribution in [0.2, 0.25) is 0 Å². The highest BCUT2D eigenvalue weighted by atomic mass is 19.4. The lowest BCUT2D eigenvalue weighted by atomic mass is 9.81. The van der Waals surface area contributed by atoms with Gasteiger partial charge in [-0.25, -0.2) is 18.2 Å². The van der Waals surface area contributed by atoms with E-state index in [4.69, 9.17) is 5.73 Å². The second-order valence-corrected chi connectivity index (χ2v) is 9.57. The van der Waals surface area contributed by atoms with E-state index in [2.05, 4.69) is 10.3 Å². The van der Waals surface area contributed by atoms with Gasteiger partial charge in [-0.1, -0.05) is 54.6 Å². The van der Waals surface area contributed by atoms with E-state index in [1.165, 1.54) is 11.9 Å². The van der Waals surface area contributed by atoms with E-state index in [1.807, 2.05) is 0 Å². The number of benzodiazepines with no additional fused rings is 1. The Morgan fingerprint density at radius 2 is 1.62 bits per heavy atom. The van der Waals surface area contributed by atoms with Gasteiger partial charge in [0.1, 0.15) is 0 Å². The van der Waals surface area contributed by atoms with Gasteiger partial charge in [-0.05, 0) is 18.6 Å². The molecule has 3 aromatic carbocycles. The number of primary amides is 1. The minimum atomic E-state index is -4.81. The van der Waals surface area contributed by atoms with Crippen molar-refractivity contribution in [2.24, 2.45) is 16.6 Å². The van der Waals surface area contributed by atoms with Crippen molar-refractivity contribution in [3.63, 3.8) is 0 Å². The molecule has 7 nitrogen and oxygen atoms in total. The van der Waals surface area contributed by atoms with Gasteiger partial charge in [0.05, 0.1) is 23.2 Å². The Hall–Kier alpha value is -4.68. The van der Waals surface area contributed by atoms with Gasteiger partial charge in [0.25, 0.3) is 5.91 Å². The molecule has 0 aromatic heterocycles. The molecule has 13 heteroatoms. The van der Waals surface area contributed by atoms with Crippen LogP contribution in [0, 0.1) is 23.4 Å². The molecule has 3 aromatic rings. The maximum absolute atomic E-state index is 14.7. The van der Waals surface area contributed by atoms with E-state index in [-0.39, 0.29) is 5.71 Å². The van der Waals surface area contributed by atoms with Crippen molar-refractivity contribution in [2.45, 2.75) is 31.1 Å². The molecule has 3 amide bonds. The van der Waals surface area contributed by atoms with Crippen molar-refractivity contribution < 1.29 is 40.7 Å². The summed E-state index contributed by atoms with van der Waals surface area (Å²) in [6.45, 7) is 0. The quantitative estimate of drug-likeness (QED) is 0.296. The topological polar surface area (TPSA) is 105 Å². The number of halogens is 6. The molecule has 42 heavy (non-hydrogen) atoms. The average molecular weight is 591 g/mol. The Morgan fingerprint density at radius 3 is 2.26 bits per heavy atom. The second kappa shape index (κ2) is 12.0. The summed E-state index contributed by atoms with van der Waals surface area (Å²) in [4.78, 5) is 45.1. The van der Waals surface area contributed by atoms with Crippen molar-refractivity contribution in [1.82, 2.24) is 5.32 Å². The zero-order valence-electron chi connectivity index (χ0n) is 22.0. The fourth-order valence-corrected chi connectivity index (χ4v) is 4.80. The number of hydrogen-bond donors (Lipinski definition) is 2. The molecule has 1 aliphatic heterocycles. The van der Waals surface area contributed by atoms with Crippen molar-refractivity contribution in [2.75, 3.05) is 11.9 Å². The Balaban J connectivity index is 1.79. The van der Waals surface area contributed by atoms with Crippen LogP contribution in [0.3, 0.4) is 0 Å². The number of likely N-dealkylation sites (N-methyl/N-ethyl adjacent to an activating group) is 1. The highest BCUT2D eigenvalue weighted by Crippen LogP contribution is 2.35. The standard InChI is InChI=1S/C29H24F6N4O3/c1-39-20-10-6-5-9-16(20)24(15-7-3-2-4-8-15)37-26(28(39)42)38-27(41)18(13-14-29(33,34)35)21(25(36)40)17-11-12-19(30)23(32)22(17)31/h2-12,18,21,26H,13-14H2,1H3,(H2,36,40)(H,38,41). The van der Waals surface area contributed by atoms with E-state index in [0.29, 0.717) is 28.9 Å². The number of hydrogen-bond acceptors (Lipinski definition) is 4. The summed E-state index contributed by atoms with van der Waals surface area (Å²) in [5.74, 6) is -13.2. The van der Waals surface area contributed by atoms with Crippen LogP contribution >= 0.6 is 0 Å². The van der Waals surface area contributed by atoms with Gasteiger partial charge in [-0.3, -0.25) is 14.4 Å². The molecule has 0 saturated heterocycles. The molecule has 0 aliphatic carbocycles. The Bertz CT molecular complexity index is 1540. The number of carbonyl (C=O) groups excluding carboxylic acids is 3. The molecule has 0 saturated carbocycles. The number of benzene rings is 3. The number of rotatable bonds is 8. The molecule has 0 fully saturated rings. The van der Waals surface area contributed by atoms with Crippen LogP contribution < -0.4 is 16.0 Å². The van der Waals surface area contributed by atoms with Gasteiger partial charge in [-0.15, -0.1) is 0 Å². The third kappa shape index (κ3) is 6.29. The summed E-state index contributed by atoms with van der Waals surface area (Å²) in [5.41, 5.74) is 6.25. The van der Waals surface area contributed by atoms with Crippen LogP contribution in [-0.4, -0.2) is 42.8 Å². The largest absolute Gasteiger partial charge is 0.389 e. The van der Waals surface area contributed by atoms with Crippen LogP contribution in [0.5, 0.6) is 0 Å². The number of para-hydroxylation sites is 1. The first-order valence-electron chi connectivity index (χ1n) is 12.6. The smallest absolute Gasteiger partial charge is 0.369 e. The molecule has 0 radical (unpaired) electrons. The summed E-state index contributed by atoms with van der Waals surface area (Å²) < 4.78 is 82.1. The predicted molar refractivity (Wildman–Crippen MR) is 141 cm³/mol. The number of carbonyl (C=O) groups is 3. The van der Waals surface area contributed by atoms with Crippen molar-refractivity contribution >= 4 is 29.1 Å². The van der Waals surface area contributed by atoms with Crippen LogP contribution in [0.4, 0.5) is 32.0 Å². The molecular formula is C29H24F6N4O3. The number of alkyl halides is 3. The Labute approximate surface area is 236 Å². The molecule has 0 bridgehead atoms. The average Bonchev–Trinajstić information content (AvgIpc) is 3.05. The van der Waals surface area contributed by atoms with Gasteiger partial charge in [0.2, 0.25) is 18.0 Å². The number of anilines is 1. The van der Waals surface area contributed by atoms with E-state index in [1.54, 1.807) is 54.6 Å². The fourth-order valence-electron chi connectivity index (χ4n) is 4.80. The molecule has 3 atom stereocenters. The maximum atomic E-state index is 14.7. The SMILES string of the molecule is CN1C(=O)C(NC(=O)C(CCC(F)(F)F)C(C(N)=O)c2ccc(F)c(F)c2F)N=C(c2ccccc2)c2ccccc21. The number of nitrogens with one attached hydrogen (secondary N) is 1. The highest BCUT2D eigenvalue weighted by Gasteiger charge is 2.41. The van der Waals surface area contributed by atoms with Crippen LogP contribution in [0.1, 0.15) is 35.4 Å². The normalized spacial score (nSPS) is 16.6. The van der Waals surface area contributed by atoms with Crippen molar-refractivity contribution in [3.8, 4) is 0 Å². The van der Waals surface area contributed by atoms with E-state index in [0.717, 1.165) is 0 Å². The number of fused-ring (bicyclic) bond motifs is 1. The van der Waals surface area contributed by atoms with Gasteiger partial charge >= 0.3 is 6.18 Å². The van der Waals surface area contributed by atoms with E-state index in [9.17, 15) is 40.7 Å². The summed E-state index contributed by atoms with van der Waals surface area (Å²) in [6.07, 6.45) is -9.20. The molecular weight excluding hydrogens is 566 g/mol. The predicted octanol–water partition coefficient (Wildman–Crippen LogP) is 4.59. The van der Waals surface area contributed by atoms with Crippen LogP contribution in [-0.2, 0) is 14.4 Å². The van der Waals surface area contributed by atoms with Gasteiger partial charge in [-0.2, -0.15) is 13.2 Å². The molecule has 3 unspecified atom stereocenters. The third-order valence-corrected chi connectivity index (χ3v) is 6.85. The minimum Gasteiger partial charge on any atom is -0.369 e. The van der Waals surface area contributed by atoms with Crippen LogP contribution in [0.15, 0.2) is 71.7 Å². The van der Waals surface area contributed by atoms with E-state index < -0.39 is 77.8 Å². The first-order chi connectivity index (χ1) is 19.8. The lowest BCUT2D eigenvalue weighted by Crippen LogP contribution is -2.49.